The van der Waals surface area contributed by atoms with E-state index in [1.54, 1.807) is 133 Å². The minimum absolute atomic E-state index is 0. The summed E-state index contributed by atoms with van der Waals surface area (Å²) in [6.45, 7) is 3.70. The quantitative estimate of drug-likeness (QED) is 0.00728. The summed E-state index contributed by atoms with van der Waals surface area (Å²) in [7, 11) is -21.0. The van der Waals surface area contributed by atoms with Crippen LogP contribution in [-0.2, 0) is 78.1 Å². The Labute approximate surface area is 885 Å². The fraction of sp³-hybridized carbons (Fsp3) is 0.0930. The number of benzene rings is 12. The van der Waals surface area contributed by atoms with E-state index in [0.717, 1.165) is 94.2 Å². The van der Waals surface area contributed by atoms with Crippen LogP contribution in [0.3, 0.4) is 0 Å². The minimum atomic E-state index is -4.67. The predicted octanol–water partition coefficient (Wildman–Crippen LogP) is 6.55. The average Bonchev–Trinajstić information content (AvgIpc) is 0.773. The first-order valence-electron chi connectivity index (χ1n) is 34.0. The summed E-state index contributed by atoms with van der Waals surface area (Å²) in [6, 6.07) is 72.7. The van der Waals surface area contributed by atoms with Gasteiger partial charge in [-0.15, -0.1) is 16.1 Å². The first kappa shape index (κ1) is 140. The molecule has 0 atom stereocenters. The number of hydrogen-bond donors (Lipinski definition) is 4. The van der Waals surface area contributed by atoms with Gasteiger partial charge in [0.25, 0.3) is 10.1 Å². The van der Waals surface area contributed by atoms with Gasteiger partial charge in [-0.1, -0.05) is 186 Å². The van der Waals surface area contributed by atoms with Crippen LogP contribution in [0.5, 0.6) is 0 Å². The molecule has 134 heavy (non-hydrogen) atoms. The summed E-state index contributed by atoms with van der Waals surface area (Å²) in [5, 5.41) is 48.6. The zero-order chi connectivity index (χ0) is 94.3. The van der Waals surface area contributed by atoms with Gasteiger partial charge < -0.3 is 19.6 Å². The first-order chi connectivity index (χ1) is 59.9. The van der Waals surface area contributed by atoms with Crippen molar-refractivity contribution < 1.29 is 275 Å². The largest absolute Gasteiger partial charge is 1.00 e. The van der Waals surface area contributed by atoms with Crippen molar-refractivity contribution in [2.75, 3.05) is 12.5 Å². The molecule has 0 saturated heterocycles. The van der Waals surface area contributed by atoms with Crippen LogP contribution in [-0.4, -0.2) is 122 Å². The third-order valence-corrected chi connectivity index (χ3v) is 24.2. The summed E-state index contributed by atoms with van der Waals surface area (Å²) in [6.07, 6.45) is 7.26. The summed E-state index contributed by atoms with van der Waals surface area (Å²) in [5.74, 6) is -2.10. The summed E-state index contributed by atoms with van der Waals surface area (Å²) in [4.78, 5) is 64.0. The Morgan fingerprint density at radius 2 is 0.672 bits per heavy atom. The zero-order valence-electron chi connectivity index (χ0n) is 69.2. The fourth-order valence-electron chi connectivity index (χ4n) is 8.42. The van der Waals surface area contributed by atoms with Crippen LogP contribution in [0.4, 0.5) is 17.6 Å². The number of aldehydes is 6. The number of rotatable bonds is 24. The Hall–Kier alpha value is -6.68. The van der Waals surface area contributed by atoms with Crippen LogP contribution in [0.25, 0.3) is 0 Å². The molecule has 12 rings (SSSR count). The van der Waals surface area contributed by atoms with Gasteiger partial charge in [-0.3, -0.25) is 53.9 Å². The first-order valence-corrected chi connectivity index (χ1v) is 45.9. The second kappa shape index (κ2) is 77.2. The van der Waals surface area contributed by atoms with Gasteiger partial charge in [0, 0.05) is 64.1 Å². The molecule has 4 N–H and O–H groups in total. The van der Waals surface area contributed by atoms with Gasteiger partial charge in [-0.25, -0.2) is 56.5 Å². The Kier molecular flexibility index (Phi) is 80.8. The van der Waals surface area contributed by atoms with Crippen molar-refractivity contribution >= 4 is 147 Å². The molecule has 0 radical (unpaired) electrons. The molecular weight excluding hydrogens is 2000 g/mol. The molecule has 0 spiro atoms. The number of thioether (sulfide) groups is 1. The van der Waals surface area contributed by atoms with Crippen molar-refractivity contribution in [1.29, 1.82) is 0 Å². The van der Waals surface area contributed by atoms with E-state index in [9.17, 15) is 108 Å². The fourth-order valence-corrected chi connectivity index (χ4v) is 15.8. The number of carbonyl (C=O) groups is 6. The maximum absolute atomic E-state index is 12.9. The standard InChI is InChI=1S/C13H10O6S2.C13H10O4S2.2C8H8O4S.C7H5FO4S.C7H5FO.C7H8O2S.C7H8S.C6H5FO3S.C6H5F.4CH4.4Na.H2O2/c14-9-10-5-7-11(8-6-10)20(15,16)12-3-1-2-4-13(12)21(17,18)19;14-9-10-5-7-11(8-6-10)18-12-3-1-2-4-13(12)19(15,16)17;2*1-6-2-3-7(5-9)4-8(6)13-12-11-10;8-6-2-1-5(4-9)3-7(6)13-12-11-10;8-7-3-1-6(5-9)2-4-7;1-10(8,9)7-5-3-2-4-6-7;1-8-7-5-3-2-4-6-7;7-5-3-1-2-4-6(5)11(8,9)10;7-6-4-2-1-3-5-6;;;;;;;;;1-2/h1-9H,(H,17,18,19);1-9H,(H,15,16,17);2*2-5,10H,1H3;1-4,10H;1-5H;2-6H,1H3;2-6H,1H3;1-4H,(H,8,9,10);1-5H;4*1H4;;;;;1-2H/q;;;;;;;;;;;;;;4*+1;/p-4. The van der Waals surface area contributed by atoms with Crippen molar-refractivity contribution in [2.24, 2.45) is 0 Å². The third-order valence-electron chi connectivity index (χ3n) is 14.3. The summed E-state index contributed by atoms with van der Waals surface area (Å²) < 4.78 is 204. The SMILES string of the molecule is C.C.C.C.CS(=O)(=O)c1ccccc1.CSc1ccccc1.Cc1ccc(C=O)cc1SOOO.Cc1ccc(C=O)cc1SOO[O-].Fc1ccccc1.O=Cc1ccc(F)c(SOO[O-])c1.O=Cc1ccc(F)cc1.O=Cc1ccc(S(=O)(=O)c2ccccc2S(=O)(=O)O)cc1.O=Cc1ccc(Sc2ccccc2S(=O)(=O)[O-])cc1.O=S(=O)([O-])c1ccccc1F.OO.[Na+].[Na+].[Na+].[Na+]. The van der Waals surface area contributed by atoms with E-state index in [1.165, 1.54) is 132 Å². The van der Waals surface area contributed by atoms with Gasteiger partial charge in [-0.2, -0.15) is 17.1 Å². The van der Waals surface area contributed by atoms with E-state index in [2.05, 4.69) is 46.5 Å². The van der Waals surface area contributed by atoms with Gasteiger partial charge in [0.1, 0.15) is 86.1 Å². The monoisotopic (exact) mass is 2090 g/mol. The van der Waals surface area contributed by atoms with Crippen molar-refractivity contribution in [3.63, 3.8) is 0 Å². The van der Waals surface area contributed by atoms with E-state index in [-0.39, 0.29) is 180 Å². The molecule has 12 aromatic rings. The topological polar surface area (TPSA) is 502 Å². The third kappa shape index (κ3) is 56.4. The van der Waals surface area contributed by atoms with Crippen molar-refractivity contribution in [1.82, 2.24) is 0 Å². The smallest absolute Gasteiger partial charge is 0.744 e. The van der Waals surface area contributed by atoms with E-state index in [0.29, 0.717) is 73.4 Å². The molecule has 12 aromatic carbocycles. The average molecular weight is 2090 g/mol. The van der Waals surface area contributed by atoms with Crippen molar-refractivity contribution in [3.05, 3.63) is 359 Å². The molecule has 30 nitrogen and oxygen atoms in total. The maximum Gasteiger partial charge on any atom is 1.00 e. The zero-order valence-corrected chi connectivity index (χ0v) is 85.3. The van der Waals surface area contributed by atoms with Crippen LogP contribution in [0.15, 0.2) is 350 Å². The molecule has 48 heteroatoms. The molecule has 0 aliphatic carbocycles. The molecule has 0 fully saturated rings. The Morgan fingerprint density at radius 1 is 0.343 bits per heavy atom. The van der Waals surface area contributed by atoms with E-state index in [1.807, 2.05) is 32.0 Å². The summed E-state index contributed by atoms with van der Waals surface area (Å²) in [5.41, 5.74) is 4.54. The second-order valence-electron chi connectivity index (χ2n) is 23.0. The molecule has 0 bridgehead atoms. The number of carbonyl (C=O) groups excluding carboxylic acids is 6. The van der Waals surface area contributed by atoms with Crippen LogP contribution >= 0.6 is 59.7 Å². The van der Waals surface area contributed by atoms with Crippen LogP contribution in [0, 0.1) is 37.1 Å². The van der Waals surface area contributed by atoms with E-state index < -0.39 is 76.3 Å². The van der Waals surface area contributed by atoms with Gasteiger partial charge in [0.2, 0.25) is 9.84 Å². The van der Waals surface area contributed by atoms with Gasteiger partial charge in [0.05, 0.1) is 65.5 Å². The number of aryl methyl sites for hydroxylation is 2. The predicted molar refractivity (Wildman–Crippen MR) is 478 cm³/mol. The van der Waals surface area contributed by atoms with Crippen molar-refractivity contribution in [2.45, 2.75) is 102 Å². The molecule has 0 heterocycles. The molecule has 0 saturated carbocycles. The van der Waals surface area contributed by atoms with Crippen LogP contribution in [0.2, 0.25) is 0 Å². The molecule has 0 aliphatic heterocycles. The molecule has 0 amide bonds. The van der Waals surface area contributed by atoms with Crippen LogP contribution in [0.1, 0.15) is 103 Å². The van der Waals surface area contributed by atoms with Gasteiger partial charge >= 0.3 is 118 Å². The summed E-state index contributed by atoms with van der Waals surface area (Å²) >= 11 is 4.97. The number of sulfone groups is 2. The molecule has 0 aliphatic rings. The van der Waals surface area contributed by atoms with Crippen molar-refractivity contribution in [3.8, 4) is 0 Å². The van der Waals surface area contributed by atoms with Gasteiger partial charge in [-0.05, 0) is 183 Å². The Morgan fingerprint density at radius 3 is 1.02 bits per heavy atom. The van der Waals surface area contributed by atoms with E-state index >= 15 is 0 Å². The van der Waals surface area contributed by atoms with Gasteiger partial charge in [0.15, 0.2) is 9.84 Å². The molecular formula is C86H86F4Na4O30S10. The Balaban J connectivity index is -0.000000269. The molecule has 0 unspecified atom stereocenters. The Bertz CT molecular complexity index is 5840. The van der Waals surface area contributed by atoms with E-state index in [4.69, 9.17) is 20.3 Å². The van der Waals surface area contributed by atoms with Crippen LogP contribution < -0.4 is 129 Å². The number of halogens is 4. The molecule has 0 aromatic heterocycles. The maximum atomic E-state index is 12.9. The minimum Gasteiger partial charge on any atom is -0.744 e. The number of hydrogen-bond acceptors (Lipinski definition) is 34. The molecule has 702 valence electrons. The normalized spacial score (nSPS) is 9.82. The second-order valence-corrected chi connectivity index (χ2v) is 35.3.